The number of thioether (sulfide) groups is 1. The van der Waals surface area contributed by atoms with Crippen LogP contribution in [0, 0.1) is 12.8 Å². The smallest absolute Gasteiger partial charge is 0.333 e. The molecule has 7 heteroatoms. The minimum absolute atomic E-state index is 0.161. The van der Waals surface area contributed by atoms with E-state index in [2.05, 4.69) is 29.1 Å². The molecule has 0 unspecified atom stereocenters. The summed E-state index contributed by atoms with van der Waals surface area (Å²) < 4.78 is 4.81. The normalized spacial score (nSPS) is 12.0. The number of esters is 1. The van der Waals surface area contributed by atoms with Gasteiger partial charge in [-0.2, -0.15) is 0 Å². The van der Waals surface area contributed by atoms with Crippen molar-refractivity contribution in [2.24, 2.45) is 5.92 Å². The molecule has 0 radical (unpaired) electrons. The van der Waals surface area contributed by atoms with Crippen molar-refractivity contribution in [3.8, 4) is 0 Å². The van der Waals surface area contributed by atoms with Crippen LogP contribution in [0.25, 0.3) is 0 Å². The lowest BCUT2D eigenvalue weighted by Crippen LogP contribution is -2.35. The molecule has 1 aromatic carbocycles. The van der Waals surface area contributed by atoms with E-state index in [1.807, 2.05) is 25.1 Å². The third-order valence-electron chi connectivity index (χ3n) is 3.78. The summed E-state index contributed by atoms with van der Waals surface area (Å²) in [5.74, 6) is -0.0739. The van der Waals surface area contributed by atoms with Crippen molar-refractivity contribution >= 4 is 23.6 Å². The van der Waals surface area contributed by atoms with Crippen LogP contribution in [-0.2, 0) is 20.7 Å². The summed E-state index contributed by atoms with van der Waals surface area (Å²) >= 11 is 1.32. The Labute approximate surface area is 158 Å². The SMILES string of the molecule is COC(=O)[C@H](NC(=O)CSc1nc(CC(C)C)c(C)[nH]1)c1ccccc1. The van der Waals surface area contributed by atoms with Crippen LogP contribution in [0.2, 0.25) is 0 Å². The maximum absolute atomic E-state index is 12.3. The van der Waals surface area contributed by atoms with Crippen LogP contribution in [0.3, 0.4) is 0 Å². The Kier molecular flexibility index (Phi) is 7.26. The summed E-state index contributed by atoms with van der Waals surface area (Å²) in [7, 11) is 1.31. The number of carbonyl (C=O) groups excluding carboxylic acids is 2. The van der Waals surface area contributed by atoms with Gasteiger partial charge in [-0.3, -0.25) is 4.79 Å². The lowest BCUT2D eigenvalue weighted by Gasteiger charge is -2.16. The van der Waals surface area contributed by atoms with Crippen LogP contribution in [-0.4, -0.2) is 34.7 Å². The van der Waals surface area contributed by atoms with Gasteiger partial charge in [-0.05, 0) is 24.8 Å². The number of H-pyrrole nitrogens is 1. The van der Waals surface area contributed by atoms with E-state index in [-0.39, 0.29) is 11.7 Å². The van der Waals surface area contributed by atoms with E-state index in [0.29, 0.717) is 16.6 Å². The van der Waals surface area contributed by atoms with E-state index in [1.54, 1.807) is 12.1 Å². The average Bonchev–Trinajstić information content (AvgIpc) is 2.97. The van der Waals surface area contributed by atoms with Crippen LogP contribution in [0.1, 0.15) is 36.8 Å². The van der Waals surface area contributed by atoms with Crippen molar-refractivity contribution in [1.29, 1.82) is 0 Å². The summed E-state index contributed by atoms with van der Waals surface area (Å²) in [5.41, 5.74) is 2.74. The number of hydrogen-bond acceptors (Lipinski definition) is 5. The monoisotopic (exact) mass is 375 g/mol. The number of nitrogens with one attached hydrogen (secondary N) is 2. The number of amides is 1. The van der Waals surface area contributed by atoms with Gasteiger partial charge in [-0.25, -0.2) is 9.78 Å². The molecule has 2 N–H and O–H groups in total. The third kappa shape index (κ3) is 5.62. The zero-order valence-corrected chi connectivity index (χ0v) is 16.4. The molecular weight excluding hydrogens is 350 g/mol. The lowest BCUT2D eigenvalue weighted by molar-refractivity contribution is -0.145. The van der Waals surface area contributed by atoms with E-state index in [0.717, 1.165) is 17.8 Å². The van der Waals surface area contributed by atoms with E-state index in [1.165, 1.54) is 18.9 Å². The molecule has 1 heterocycles. The number of rotatable bonds is 8. The van der Waals surface area contributed by atoms with Gasteiger partial charge in [0.1, 0.15) is 0 Å². The minimum atomic E-state index is -0.816. The highest BCUT2D eigenvalue weighted by Gasteiger charge is 2.23. The molecule has 6 nitrogen and oxygen atoms in total. The number of methoxy groups -OCH3 is 1. The van der Waals surface area contributed by atoms with Gasteiger partial charge in [0.25, 0.3) is 0 Å². The number of ether oxygens (including phenoxy) is 1. The molecule has 0 spiro atoms. The van der Waals surface area contributed by atoms with Gasteiger partial charge in [0, 0.05) is 5.69 Å². The van der Waals surface area contributed by atoms with Crippen molar-refractivity contribution < 1.29 is 14.3 Å². The molecule has 0 fully saturated rings. The largest absolute Gasteiger partial charge is 0.467 e. The number of nitrogens with zero attached hydrogens (tertiary/aromatic N) is 1. The van der Waals surface area contributed by atoms with Gasteiger partial charge in [0.2, 0.25) is 5.91 Å². The molecule has 0 aliphatic rings. The quantitative estimate of drug-likeness (QED) is 0.547. The van der Waals surface area contributed by atoms with Crippen molar-refractivity contribution in [3.05, 3.63) is 47.3 Å². The predicted octanol–water partition coefficient (Wildman–Crippen LogP) is 3.04. The van der Waals surface area contributed by atoms with Gasteiger partial charge >= 0.3 is 5.97 Å². The Morgan fingerprint density at radius 2 is 1.96 bits per heavy atom. The molecule has 0 bridgehead atoms. The van der Waals surface area contributed by atoms with Gasteiger partial charge in [0.05, 0.1) is 18.6 Å². The number of aromatic amines is 1. The fraction of sp³-hybridized carbons (Fsp3) is 0.421. The molecular formula is C19H25N3O3S. The molecule has 2 rings (SSSR count). The number of imidazole rings is 1. The number of aromatic nitrogens is 2. The molecule has 26 heavy (non-hydrogen) atoms. The fourth-order valence-corrected chi connectivity index (χ4v) is 3.25. The molecule has 1 amide bonds. The van der Waals surface area contributed by atoms with E-state index >= 15 is 0 Å². The Bertz CT molecular complexity index is 744. The molecule has 0 saturated heterocycles. The highest BCUT2D eigenvalue weighted by molar-refractivity contribution is 7.99. The maximum Gasteiger partial charge on any atom is 0.333 e. The van der Waals surface area contributed by atoms with Gasteiger partial charge in [0.15, 0.2) is 11.2 Å². The summed E-state index contributed by atoms with van der Waals surface area (Å²) in [6.45, 7) is 6.27. The first-order chi connectivity index (χ1) is 12.4. The van der Waals surface area contributed by atoms with E-state index < -0.39 is 12.0 Å². The Morgan fingerprint density at radius 1 is 1.27 bits per heavy atom. The second-order valence-corrected chi connectivity index (χ2v) is 7.40. The fourth-order valence-electron chi connectivity index (χ4n) is 2.50. The zero-order chi connectivity index (χ0) is 19.1. The molecule has 1 aromatic heterocycles. The number of hydrogen-bond donors (Lipinski definition) is 2. The van der Waals surface area contributed by atoms with Crippen LogP contribution >= 0.6 is 11.8 Å². The minimum Gasteiger partial charge on any atom is -0.467 e. The highest BCUT2D eigenvalue weighted by Crippen LogP contribution is 2.20. The van der Waals surface area contributed by atoms with Gasteiger partial charge in [-0.15, -0.1) is 0 Å². The van der Waals surface area contributed by atoms with Crippen molar-refractivity contribution in [2.45, 2.75) is 38.4 Å². The van der Waals surface area contributed by atoms with Crippen LogP contribution in [0.5, 0.6) is 0 Å². The number of carbonyl (C=O) groups is 2. The molecule has 0 aliphatic carbocycles. The topological polar surface area (TPSA) is 84.1 Å². The Balaban J connectivity index is 1.97. The molecule has 2 aromatic rings. The van der Waals surface area contributed by atoms with Gasteiger partial charge in [-0.1, -0.05) is 55.9 Å². The molecule has 0 aliphatic heterocycles. The number of aryl methyl sites for hydroxylation is 1. The third-order valence-corrected chi connectivity index (χ3v) is 4.65. The second-order valence-electron chi connectivity index (χ2n) is 6.43. The standard InChI is InChI=1S/C19H25N3O3S/c1-12(2)10-15-13(3)20-19(21-15)26-11-16(23)22-17(18(24)25-4)14-8-6-5-7-9-14/h5-9,12,17H,10-11H2,1-4H3,(H,20,21)(H,22,23)/t17-/m1/s1. The first kappa shape index (κ1) is 20.0. The van der Waals surface area contributed by atoms with Crippen LogP contribution in [0.4, 0.5) is 0 Å². The number of benzene rings is 1. The predicted molar refractivity (Wildman–Crippen MR) is 102 cm³/mol. The van der Waals surface area contributed by atoms with Crippen molar-refractivity contribution in [3.63, 3.8) is 0 Å². The second kappa shape index (κ2) is 9.43. The highest BCUT2D eigenvalue weighted by atomic mass is 32.2. The summed E-state index contributed by atoms with van der Waals surface area (Å²) in [4.78, 5) is 32.1. The van der Waals surface area contributed by atoms with Crippen LogP contribution < -0.4 is 5.32 Å². The maximum atomic E-state index is 12.3. The average molecular weight is 375 g/mol. The van der Waals surface area contributed by atoms with Crippen molar-refractivity contribution in [2.75, 3.05) is 12.9 Å². The summed E-state index contributed by atoms with van der Waals surface area (Å²) in [6.07, 6.45) is 0.896. The van der Waals surface area contributed by atoms with Gasteiger partial charge < -0.3 is 15.0 Å². The lowest BCUT2D eigenvalue weighted by atomic mass is 10.1. The summed E-state index contributed by atoms with van der Waals surface area (Å²) in [6, 6.07) is 8.22. The first-order valence-corrected chi connectivity index (χ1v) is 9.49. The first-order valence-electron chi connectivity index (χ1n) is 8.51. The van der Waals surface area contributed by atoms with E-state index in [4.69, 9.17) is 4.74 Å². The zero-order valence-electron chi connectivity index (χ0n) is 15.5. The van der Waals surface area contributed by atoms with Crippen LogP contribution in [0.15, 0.2) is 35.5 Å². The Hall–Kier alpha value is -2.28. The molecule has 0 saturated carbocycles. The molecule has 1 atom stereocenters. The van der Waals surface area contributed by atoms with Crippen molar-refractivity contribution in [1.82, 2.24) is 15.3 Å². The van der Waals surface area contributed by atoms with E-state index in [9.17, 15) is 9.59 Å². The molecule has 140 valence electrons. The summed E-state index contributed by atoms with van der Waals surface area (Å²) in [5, 5.41) is 3.44. The Morgan fingerprint density at radius 3 is 2.58 bits per heavy atom.